The molecule has 21 heavy (non-hydrogen) atoms. The molecule has 0 aliphatic rings. The molecule has 2 aromatic rings. The Bertz CT molecular complexity index is 640. The predicted octanol–water partition coefficient (Wildman–Crippen LogP) is 4.51. The van der Waals surface area contributed by atoms with Gasteiger partial charge in [0.1, 0.15) is 0 Å². The van der Waals surface area contributed by atoms with Gasteiger partial charge in [-0.2, -0.15) is 0 Å². The summed E-state index contributed by atoms with van der Waals surface area (Å²) in [6, 6.07) is 13.9. The molecule has 0 radical (unpaired) electrons. The molecule has 2 rings (SSSR count). The molecule has 2 aromatic carbocycles. The van der Waals surface area contributed by atoms with Crippen LogP contribution in [0.15, 0.2) is 46.9 Å². The molecule has 0 saturated heterocycles. The molecule has 0 fully saturated rings. The summed E-state index contributed by atoms with van der Waals surface area (Å²) in [7, 11) is 0. The molecule has 0 unspecified atom stereocenters. The van der Waals surface area contributed by atoms with Crippen LogP contribution in [0.2, 0.25) is 0 Å². The normalized spacial score (nSPS) is 10.2. The number of carbonyl (C=O) groups excluding carboxylic acids is 1. The summed E-state index contributed by atoms with van der Waals surface area (Å²) >= 11 is 3.42. The van der Waals surface area contributed by atoms with Crippen molar-refractivity contribution in [1.82, 2.24) is 0 Å². The van der Waals surface area contributed by atoms with E-state index in [0.717, 1.165) is 21.4 Å². The number of anilines is 2. The first kappa shape index (κ1) is 15.6. The topological polar surface area (TPSA) is 41.1 Å². The van der Waals surface area contributed by atoms with Crippen molar-refractivity contribution in [3.05, 3.63) is 58.1 Å². The Balaban J connectivity index is 1.82. The number of hydrogen-bond donors (Lipinski definition) is 2. The molecule has 1 amide bonds. The highest BCUT2D eigenvalue weighted by atomic mass is 79.9. The molecule has 3 nitrogen and oxygen atoms in total. The van der Waals surface area contributed by atoms with E-state index in [-0.39, 0.29) is 5.91 Å². The highest BCUT2D eigenvalue weighted by Gasteiger charge is 2.04. The molecule has 0 heterocycles. The van der Waals surface area contributed by atoms with Crippen LogP contribution in [0.5, 0.6) is 0 Å². The van der Waals surface area contributed by atoms with E-state index in [1.807, 2.05) is 50.2 Å². The van der Waals surface area contributed by atoms with Crippen LogP contribution in [0.3, 0.4) is 0 Å². The van der Waals surface area contributed by atoms with Gasteiger partial charge in [-0.05, 0) is 43.7 Å². The molecule has 0 aliphatic heterocycles. The molecule has 2 N–H and O–H groups in total. The van der Waals surface area contributed by atoms with Gasteiger partial charge in [-0.1, -0.05) is 39.7 Å². The minimum Gasteiger partial charge on any atom is -0.384 e. The first-order valence-electron chi connectivity index (χ1n) is 6.91. The lowest BCUT2D eigenvalue weighted by atomic mass is 10.1. The molecule has 110 valence electrons. The number of benzene rings is 2. The van der Waals surface area contributed by atoms with Gasteiger partial charge in [-0.25, -0.2) is 0 Å². The SMILES string of the molecule is Cc1ccc(NC(=O)CCNc2cccc(Br)c2)c(C)c1. The Kier molecular flexibility index (Phi) is 5.39. The van der Waals surface area contributed by atoms with Crippen LogP contribution in [0, 0.1) is 13.8 Å². The molecular formula is C17H19BrN2O. The van der Waals surface area contributed by atoms with Crippen LogP contribution in [0.25, 0.3) is 0 Å². The lowest BCUT2D eigenvalue weighted by Crippen LogP contribution is -2.16. The summed E-state index contributed by atoms with van der Waals surface area (Å²) < 4.78 is 1.02. The van der Waals surface area contributed by atoms with E-state index < -0.39 is 0 Å². The Morgan fingerprint density at radius 1 is 1.14 bits per heavy atom. The number of amides is 1. The summed E-state index contributed by atoms with van der Waals surface area (Å²) in [5.41, 5.74) is 4.17. The predicted molar refractivity (Wildman–Crippen MR) is 91.8 cm³/mol. The largest absolute Gasteiger partial charge is 0.384 e. The van der Waals surface area contributed by atoms with Crippen molar-refractivity contribution >= 4 is 33.2 Å². The standard InChI is InChI=1S/C17H19BrN2O/c1-12-6-7-16(13(2)10-12)20-17(21)8-9-19-15-5-3-4-14(18)11-15/h3-7,10-11,19H,8-9H2,1-2H3,(H,20,21). The lowest BCUT2D eigenvalue weighted by molar-refractivity contribution is -0.115. The summed E-state index contributed by atoms with van der Waals surface area (Å²) in [5.74, 6) is 0.0180. The summed E-state index contributed by atoms with van der Waals surface area (Å²) in [6.45, 7) is 4.65. The second-order valence-corrected chi connectivity index (χ2v) is 5.97. The van der Waals surface area contributed by atoms with Crippen LogP contribution in [0.4, 0.5) is 11.4 Å². The zero-order valence-corrected chi connectivity index (χ0v) is 13.8. The number of carbonyl (C=O) groups is 1. The van der Waals surface area contributed by atoms with Crippen LogP contribution >= 0.6 is 15.9 Å². The van der Waals surface area contributed by atoms with Crippen molar-refractivity contribution in [1.29, 1.82) is 0 Å². The highest BCUT2D eigenvalue weighted by molar-refractivity contribution is 9.10. The summed E-state index contributed by atoms with van der Waals surface area (Å²) in [6.07, 6.45) is 0.430. The van der Waals surface area contributed by atoms with Gasteiger partial charge in [-0.15, -0.1) is 0 Å². The fourth-order valence-corrected chi connectivity index (χ4v) is 2.48. The van der Waals surface area contributed by atoms with Crippen molar-refractivity contribution in [3.63, 3.8) is 0 Å². The molecule has 0 spiro atoms. The quantitative estimate of drug-likeness (QED) is 0.836. The average molecular weight is 347 g/mol. The zero-order valence-electron chi connectivity index (χ0n) is 12.2. The van der Waals surface area contributed by atoms with Crippen molar-refractivity contribution < 1.29 is 4.79 Å². The third-order valence-corrected chi connectivity index (χ3v) is 3.66. The number of nitrogens with one attached hydrogen (secondary N) is 2. The van der Waals surface area contributed by atoms with E-state index in [0.29, 0.717) is 13.0 Å². The Hall–Kier alpha value is -1.81. The number of halogens is 1. The molecule has 0 aliphatic carbocycles. The Morgan fingerprint density at radius 3 is 2.67 bits per heavy atom. The van der Waals surface area contributed by atoms with Crippen molar-refractivity contribution in [2.75, 3.05) is 17.2 Å². The van der Waals surface area contributed by atoms with Gasteiger partial charge >= 0.3 is 0 Å². The number of rotatable bonds is 5. The van der Waals surface area contributed by atoms with Crippen molar-refractivity contribution in [2.24, 2.45) is 0 Å². The maximum atomic E-state index is 11.9. The second kappa shape index (κ2) is 7.27. The van der Waals surface area contributed by atoms with Crippen molar-refractivity contribution in [3.8, 4) is 0 Å². The van der Waals surface area contributed by atoms with E-state index in [9.17, 15) is 4.79 Å². The second-order valence-electron chi connectivity index (χ2n) is 5.05. The first-order chi connectivity index (χ1) is 10.0. The summed E-state index contributed by atoms with van der Waals surface area (Å²) in [4.78, 5) is 11.9. The molecular weight excluding hydrogens is 328 g/mol. The van der Waals surface area contributed by atoms with E-state index in [4.69, 9.17) is 0 Å². The van der Waals surface area contributed by atoms with Gasteiger partial charge < -0.3 is 10.6 Å². The Morgan fingerprint density at radius 2 is 1.95 bits per heavy atom. The lowest BCUT2D eigenvalue weighted by Gasteiger charge is -2.10. The Labute approximate surface area is 133 Å². The van der Waals surface area contributed by atoms with Crippen molar-refractivity contribution in [2.45, 2.75) is 20.3 Å². The zero-order chi connectivity index (χ0) is 15.2. The van der Waals surface area contributed by atoms with Gasteiger partial charge in [0.2, 0.25) is 5.91 Å². The fraction of sp³-hybridized carbons (Fsp3) is 0.235. The van der Waals surface area contributed by atoms with Crippen LogP contribution < -0.4 is 10.6 Å². The van der Waals surface area contributed by atoms with Gasteiger partial charge in [0.25, 0.3) is 0 Å². The average Bonchev–Trinajstić information content (AvgIpc) is 2.42. The maximum absolute atomic E-state index is 11.9. The van der Waals surface area contributed by atoms with E-state index in [2.05, 4.69) is 32.6 Å². The molecule has 0 aromatic heterocycles. The van der Waals surface area contributed by atoms with Gasteiger partial charge in [0.05, 0.1) is 0 Å². The highest BCUT2D eigenvalue weighted by Crippen LogP contribution is 2.17. The monoisotopic (exact) mass is 346 g/mol. The van der Waals surface area contributed by atoms with E-state index in [1.165, 1.54) is 5.56 Å². The van der Waals surface area contributed by atoms with Crippen LogP contribution in [0.1, 0.15) is 17.5 Å². The smallest absolute Gasteiger partial charge is 0.226 e. The minimum absolute atomic E-state index is 0.0180. The molecule has 4 heteroatoms. The number of hydrogen-bond acceptors (Lipinski definition) is 2. The van der Waals surface area contributed by atoms with Crippen LogP contribution in [-0.2, 0) is 4.79 Å². The molecule has 0 saturated carbocycles. The maximum Gasteiger partial charge on any atom is 0.226 e. The van der Waals surface area contributed by atoms with E-state index >= 15 is 0 Å². The van der Waals surface area contributed by atoms with Gasteiger partial charge in [-0.3, -0.25) is 4.79 Å². The van der Waals surface area contributed by atoms with Gasteiger partial charge in [0, 0.05) is 28.8 Å². The first-order valence-corrected chi connectivity index (χ1v) is 7.70. The van der Waals surface area contributed by atoms with E-state index in [1.54, 1.807) is 0 Å². The molecule has 0 atom stereocenters. The van der Waals surface area contributed by atoms with Crippen LogP contribution in [-0.4, -0.2) is 12.5 Å². The third kappa shape index (κ3) is 4.90. The third-order valence-electron chi connectivity index (χ3n) is 3.16. The molecule has 0 bridgehead atoms. The summed E-state index contributed by atoms with van der Waals surface area (Å²) in [5, 5.41) is 6.18. The fourth-order valence-electron chi connectivity index (χ4n) is 2.09. The minimum atomic E-state index is 0.0180. The number of aryl methyl sites for hydroxylation is 2. The van der Waals surface area contributed by atoms with Gasteiger partial charge in [0.15, 0.2) is 0 Å².